The van der Waals surface area contributed by atoms with E-state index in [1.54, 1.807) is 0 Å². The van der Waals surface area contributed by atoms with Crippen LogP contribution in [0.25, 0.3) is 0 Å². The van der Waals surface area contributed by atoms with E-state index < -0.39 is 0 Å². The molecule has 0 atom stereocenters. The Morgan fingerprint density at radius 2 is 1.85 bits per heavy atom. The number of aliphatic imine (C=N–C) groups is 1. The quantitative estimate of drug-likeness (QED) is 0.275. The van der Waals surface area contributed by atoms with Gasteiger partial charge < -0.3 is 15.4 Å². The molecule has 0 spiro atoms. The normalized spacial score (nSPS) is 15.4. The van der Waals surface area contributed by atoms with E-state index in [9.17, 15) is 4.79 Å². The molecule has 0 bridgehead atoms. The zero-order chi connectivity index (χ0) is 18.7. The van der Waals surface area contributed by atoms with Crippen LogP contribution in [0.4, 0.5) is 0 Å². The number of carbonyl (C=O) groups is 1. The van der Waals surface area contributed by atoms with E-state index in [4.69, 9.17) is 4.74 Å². The van der Waals surface area contributed by atoms with Gasteiger partial charge in [-0.1, -0.05) is 43.2 Å². The molecule has 0 unspecified atom stereocenters. The highest BCUT2D eigenvalue weighted by Gasteiger charge is 2.43. The highest BCUT2D eigenvalue weighted by Crippen LogP contribution is 2.47. The zero-order valence-electron chi connectivity index (χ0n) is 16.2. The lowest BCUT2D eigenvalue weighted by molar-refractivity contribution is -0.143. The summed E-state index contributed by atoms with van der Waals surface area (Å²) in [5.41, 5.74) is 1.70. The highest BCUT2D eigenvalue weighted by molar-refractivity contribution is 5.79. The molecule has 1 aliphatic rings. The van der Waals surface area contributed by atoms with Gasteiger partial charge in [-0.3, -0.25) is 9.79 Å². The van der Waals surface area contributed by atoms with Crippen molar-refractivity contribution in [3.63, 3.8) is 0 Å². The largest absolute Gasteiger partial charge is 0.466 e. The fourth-order valence-electron chi connectivity index (χ4n) is 3.17. The van der Waals surface area contributed by atoms with Crippen LogP contribution >= 0.6 is 0 Å². The standard InChI is InChI=1S/C21H33N3O2/c1-3-26-19(25)13-9-4-5-10-16-23-20(22-2)24-17-21(14-15-21)18-11-7-6-8-12-18/h6-8,11-12H,3-5,9-10,13-17H2,1-2H3,(H2,22,23,24). The first kappa shape index (κ1) is 20.3. The molecule has 1 fully saturated rings. The van der Waals surface area contributed by atoms with E-state index in [0.29, 0.717) is 13.0 Å². The number of guanidine groups is 1. The van der Waals surface area contributed by atoms with E-state index in [1.165, 1.54) is 18.4 Å². The second-order valence-corrected chi connectivity index (χ2v) is 6.97. The maximum absolute atomic E-state index is 11.3. The summed E-state index contributed by atoms with van der Waals surface area (Å²) in [6, 6.07) is 10.7. The lowest BCUT2D eigenvalue weighted by Crippen LogP contribution is -2.41. The number of nitrogens with zero attached hydrogens (tertiary/aromatic N) is 1. The summed E-state index contributed by atoms with van der Waals surface area (Å²) in [4.78, 5) is 15.6. The third-order valence-electron chi connectivity index (χ3n) is 4.96. The maximum Gasteiger partial charge on any atom is 0.305 e. The first-order valence-electron chi connectivity index (χ1n) is 9.86. The molecule has 0 aliphatic heterocycles. The first-order valence-corrected chi connectivity index (χ1v) is 9.86. The molecule has 0 radical (unpaired) electrons. The molecule has 2 rings (SSSR count). The van der Waals surface area contributed by atoms with Gasteiger partial charge in [0.2, 0.25) is 0 Å². The molecular formula is C21H33N3O2. The van der Waals surface area contributed by atoms with Crippen LogP contribution in [0.1, 0.15) is 57.4 Å². The molecule has 144 valence electrons. The first-order chi connectivity index (χ1) is 12.7. The van der Waals surface area contributed by atoms with E-state index in [-0.39, 0.29) is 11.4 Å². The fraction of sp³-hybridized carbons (Fsp3) is 0.619. The summed E-state index contributed by atoms with van der Waals surface area (Å²) in [7, 11) is 1.82. The molecule has 26 heavy (non-hydrogen) atoms. The Hall–Kier alpha value is -2.04. The summed E-state index contributed by atoms with van der Waals surface area (Å²) >= 11 is 0. The van der Waals surface area contributed by atoms with Gasteiger partial charge in [0.25, 0.3) is 0 Å². The predicted molar refractivity (Wildman–Crippen MR) is 106 cm³/mol. The van der Waals surface area contributed by atoms with Gasteiger partial charge in [0.15, 0.2) is 5.96 Å². The monoisotopic (exact) mass is 359 g/mol. The van der Waals surface area contributed by atoms with Crippen molar-refractivity contribution in [2.45, 2.75) is 57.3 Å². The maximum atomic E-state index is 11.3. The molecule has 2 N–H and O–H groups in total. The van der Waals surface area contributed by atoms with Gasteiger partial charge >= 0.3 is 5.97 Å². The summed E-state index contributed by atoms with van der Waals surface area (Å²) in [5, 5.41) is 6.87. The van der Waals surface area contributed by atoms with Crippen molar-refractivity contribution in [2.24, 2.45) is 4.99 Å². The molecular weight excluding hydrogens is 326 g/mol. The van der Waals surface area contributed by atoms with Crippen molar-refractivity contribution in [3.8, 4) is 0 Å². The van der Waals surface area contributed by atoms with Crippen LogP contribution in [-0.2, 0) is 14.9 Å². The van der Waals surface area contributed by atoms with Gasteiger partial charge in [-0.25, -0.2) is 0 Å². The van der Waals surface area contributed by atoms with Crippen molar-refractivity contribution in [2.75, 3.05) is 26.7 Å². The number of nitrogens with one attached hydrogen (secondary N) is 2. The Morgan fingerprint density at radius 3 is 2.50 bits per heavy atom. The molecule has 0 aromatic heterocycles. The minimum Gasteiger partial charge on any atom is -0.466 e. The number of unbranched alkanes of at least 4 members (excludes halogenated alkanes) is 3. The molecule has 1 aliphatic carbocycles. The SMILES string of the molecule is CCOC(=O)CCCCCCNC(=NC)NCC1(c2ccccc2)CC1. The second-order valence-electron chi connectivity index (χ2n) is 6.97. The minimum absolute atomic E-state index is 0.0809. The summed E-state index contributed by atoms with van der Waals surface area (Å²) in [6.45, 7) is 4.14. The van der Waals surface area contributed by atoms with Crippen LogP contribution < -0.4 is 10.6 Å². The summed E-state index contributed by atoms with van der Waals surface area (Å²) in [6.07, 6.45) is 7.16. The van der Waals surface area contributed by atoms with E-state index >= 15 is 0 Å². The van der Waals surface area contributed by atoms with Gasteiger partial charge in [0.05, 0.1) is 6.61 Å². The van der Waals surface area contributed by atoms with Crippen molar-refractivity contribution < 1.29 is 9.53 Å². The van der Waals surface area contributed by atoms with Crippen LogP contribution in [0.2, 0.25) is 0 Å². The fourth-order valence-corrected chi connectivity index (χ4v) is 3.17. The van der Waals surface area contributed by atoms with E-state index in [0.717, 1.165) is 44.7 Å². The molecule has 0 saturated heterocycles. The van der Waals surface area contributed by atoms with E-state index in [1.807, 2.05) is 14.0 Å². The Bertz CT molecular complexity index is 568. The van der Waals surface area contributed by atoms with Crippen molar-refractivity contribution in [1.82, 2.24) is 10.6 Å². The Balaban J connectivity index is 1.57. The molecule has 5 nitrogen and oxygen atoms in total. The van der Waals surface area contributed by atoms with Crippen LogP contribution in [-0.4, -0.2) is 38.7 Å². The Morgan fingerprint density at radius 1 is 1.12 bits per heavy atom. The van der Waals surface area contributed by atoms with Crippen molar-refractivity contribution >= 4 is 11.9 Å². The number of hydrogen-bond acceptors (Lipinski definition) is 3. The number of hydrogen-bond donors (Lipinski definition) is 2. The summed E-state index contributed by atoms with van der Waals surface area (Å²) < 4.78 is 4.93. The molecule has 1 aromatic carbocycles. The molecule has 0 heterocycles. The predicted octanol–water partition coefficient (Wildman–Crippen LogP) is 3.40. The smallest absolute Gasteiger partial charge is 0.305 e. The number of rotatable bonds is 11. The number of ether oxygens (including phenoxy) is 1. The Labute approximate surface area is 157 Å². The van der Waals surface area contributed by atoms with Gasteiger partial charge in [0, 0.05) is 32.0 Å². The third kappa shape index (κ3) is 6.70. The molecule has 1 saturated carbocycles. The molecule has 5 heteroatoms. The summed E-state index contributed by atoms with van der Waals surface area (Å²) in [5.74, 6) is 0.793. The lowest BCUT2D eigenvalue weighted by atomic mass is 9.96. The average Bonchev–Trinajstić information content (AvgIpc) is 3.45. The van der Waals surface area contributed by atoms with Crippen molar-refractivity contribution in [1.29, 1.82) is 0 Å². The highest BCUT2D eigenvalue weighted by atomic mass is 16.5. The van der Waals surface area contributed by atoms with Gasteiger partial charge in [-0.05, 0) is 38.2 Å². The second kappa shape index (κ2) is 10.8. The minimum atomic E-state index is -0.0809. The average molecular weight is 360 g/mol. The third-order valence-corrected chi connectivity index (χ3v) is 4.96. The topological polar surface area (TPSA) is 62.7 Å². The van der Waals surface area contributed by atoms with Gasteiger partial charge in [-0.2, -0.15) is 0 Å². The van der Waals surface area contributed by atoms with Crippen LogP contribution in [0.5, 0.6) is 0 Å². The zero-order valence-corrected chi connectivity index (χ0v) is 16.2. The number of esters is 1. The lowest BCUT2D eigenvalue weighted by Gasteiger charge is -2.19. The number of benzene rings is 1. The Kier molecular flexibility index (Phi) is 8.45. The van der Waals surface area contributed by atoms with Gasteiger partial charge in [0.1, 0.15) is 0 Å². The van der Waals surface area contributed by atoms with Crippen LogP contribution in [0, 0.1) is 0 Å². The van der Waals surface area contributed by atoms with Crippen molar-refractivity contribution in [3.05, 3.63) is 35.9 Å². The van der Waals surface area contributed by atoms with Crippen LogP contribution in [0.3, 0.4) is 0 Å². The van der Waals surface area contributed by atoms with Crippen LogP contribution in [0.15, 0.2) is 35.3 Å². The van der Waals surface area contributed by atoms with Gasteiger partial charge in [-0.15, -0.1) is 0 Å². The molecule has 0 amide bonds. The molecule has 1 aromatic rings. The number of carbonyl (C=O) groups excluding carboxylic acids is 1. The van der Waals surface area contributed by atoms with E-state index in [2.05, 4.69) is 46.0 Å².